The third kappa shape index (κ3) is 11.1. The van der Waals surface area contributed by atoms with Crippen LogP contribution in [0.1, 0.15) is 97.8 Å². The normalized spacial score (nSPS) is 16.6. The monoisotopic (exact) mass is 882 g/mol. The number of fused-ring (bicyclic) bond motifs is 2. The molecular weight excluding hydrogens is 821 g/mol. The first-order valence-corrected chi connectivity index (χ1v) is 23.6. The van der Waals surface area contributed by atoms with Gasteiger partial charge in [0.15, 0.2) is 12.3 Å². The molecule has 0 spiro atoms. The number of ether oxygens (including phenoxy) is 1. The molecular formula is C51H62N8O6. The fourth-order valence-electron chi connectivity index (χ4n) is 9.41. The van der Waals surface area contributed by atoms with Gasteiger partial charge in [0.2, 0.25) is 11.8 Å². The predicted molar refractivity (Wildman–Crippen MR) is 251 cm³/mol. The molecule has 1 atom stereocenters. The van der Waals surface area contributed by atoms with E-state index in [0.717, 1.165) is 91.4 Å². The summed E-state index contributed by atoms with van der Waals surface area (Å²) in [5.41, 5.74) is 8.50. The van der Waals surface area contributed by atoms with E-state index in [1.165, 1.54) is 49.0 Å². The second-order valence-corrected chi connectivity index (χ2v) is 17.6. The van der Waals surface area contributed by atoms with Crippen LogP contribution >= 0.6 is 0 Å². The molecule has 2 aromatic heterocycles. The summed E-state index contributed by atoms with van der Waals surface area (Å²) in [6.07, 6.45) is 11.9. The van der Waals surface area contributed by atoms with Crippen LogP contribution in [0.3, 0.4) is 0 Å². The molecule has 0 radical (unpaired) electrons. The maximum Gasteiger partial charge on any atom is 0.257 e. The lowest BCUT2D eigenvalue weighted by Gasteiger charge is -2.35. The van der Waals surface area contributed by atoms with E-state index >= 15 is 0 Å². The minimum absolute atomic E-state index is 0.154. The predicted octanol–water partition coefficient (Wildman–Crippen LogP) is 6.50. The van der Waals surface area contributed by atoms with Gasteiger partial charge in [0.05, 0.1) is 24.5 Å². The van der Waals surface area contributed by atoms with Crippen molar-refractivity contribution in [3.05, 3.63) is 101 Å². The van der Waals surface area contributed by atoms with Crippen LogP contribution in [0.25, 0.3) is 28.0 Å². The van der Waals surface area contributed by atoms with Crippen LogP contribution in [0.15, 0.2) is 78.9 Å². The highest BCUT2D eigenvalue weighted by Gasteiger charge is 2.40. The van der Waals surface area contributed by atoms with Crippen molar-refractivity contribution in [2.24, 2.45) is 0 Å². The molecule has 3 N–H and O–H groups in total. The number of nitrogens with zero attached hydrogens (tertiary/aromatic N) is 6. The molecule has 3 aliphatic rings. The van der Waals surface area contributed by atoms with Crippen LogP contribution in [0.5, 0.6) is 5.75 Å². The van der Waals surface area contributed by atoms with E-state index in [1.807, 2.05) is 10.6 Å². The van der Waals surface area contributed by atoms with Crippen molar-refractivity contribution in [3.63, 3.8) is 0 Å². The van der Waals surface area contributed by atoms with Gasteiger partial charge >= 0.3 is 0 Å². The van der Waals surface area contributed by atoms with Gasteiger partial charge in [-0.15, -0.1) is 0 Å². The van der Waals surface area contributed by atoms with Crippen molar-refractivity contribution in [1.82, 2.24) is 35.0 Å². The minimum Gasteiger partial charge on any atom is -0.483 e. The highest BCUT2D eigenvalue weighted by Crippen LogP contribution is 2.35. The zero-order valence-corrected chi connectivity index (χ0v) is 37.6. The van der Waals surface area contributed by atoms with Gasteiger partial charge in [0, 0.05) is 74.0 Å². The number of aliphatic hydroxyl groups excluding tert-OH is 1. The Morgan fingerprint density at radius 2 is 1.57 bits per heavy atom. The molecule has 14 heteroatoms. The lowest BCUT2D eigenvalue weighted by Crippen LogP contribution is -2.52. The number of hydrogen-bond acceptors (Lipinski definition) is 10. The molecule has 0 bridgehead atoms. The molecule has 342 valence electrons. The highest BCUT2D eigenvalue weighted by molar-refractivity contribution is 6.05. The molecule has 65 heavy (non-hydrogen) atoms. The van der Waals surface area contributed by atoms with Gasteiger partial charge in [-0.3, -0.25) is 29.4 Å². The van der Waals surface area contributed by atoms with Crippen LogP contribution in [0.2, 0.25) is 0 Å². The summed E-state index contributed by atoms with van der Waals surface area (Å²) in [4.78, 5) is 61.0. The number of piperidine rings is 1. The molecule has 1 unspecified atom stereocenters. The number of aromatic nitrogens is 3. The molecule has 3 aromatic carbocycles. The Labute approximate surface area is 381 Å². The maximum absolute atomic E-state index is 13.1. The Morgan fingerprint density at radius 3 is 2.29 bits per heavy atom. The quantitative estimate of drug-likeness (QED) is 0.0549. The topological polar surface area (TPSA) is 162 Å². The molecule has 3 aliphatic heterocycles. The summed E-state index contributed by atoms with van der Waals surface area (Å²) < 4.78 is 7.86. The fraction of sp³-hybridized carbons (Fsp3) is 0.451. The summed E-state index contributed by atoms with van der Waals surface area (Å²) in [7, 11) is 0. The van der Waals surface area contributed by atoms with E-state index in [-0.39, 0.29) is 43.9 Å². The van der Waals surface area contributed by atoms with Gasteiger partial charge in [-0.25, -0.2) is 4.98 Å². The van der Waals surface area contributed by atoms with Gasteiger partial charge in [-0.05, 0) is 55.9 Å². The Bertz CT molecular complexity index is 2450. The highest BCUT2D eigenvalue weighted by atomic mass is 16.5. The van der Waals surface area contributed by atoms with Crippen molar-refractivity contribution in [2.75, 3.05) is 57.4 Å². The number of rotatable bonds is 21. The van der Waals surface area contributed by atoms with Gasteiger partial charge < -0.3 is 25.0 Å². The Morgan fingerprint density at radius 1 is 0.846 bits per heavy atom. The maximum atomic E-state index is 13.1. The summed E-state index contributed by atoms with van der Waals surface area (Å²) in [6.45, 7) is 7.12. The lowest BCUT2D eigenvalue weighted by molar-refractivity contribution is -0.137. The van der Waals surface area contributed by atoms with E-state index in [4.69, 9.17) is 14.8 Å². The second kappa shape index (κ2) is 21.7. The van der Waals surface area contributed by atoms with Crippen molar-refractivity contribution in [3.8, 4) is 28.1 Å². The zero-order chi connectivity index (χ0) is 45.1. The summed E-state index contributed by atoms with van der Waals surface area (Å²) in [6, 6.07) is 25.9. The largest absolute Gasteiger partial charge is 0.483 e. The number of carbonyl (C=O) groups is 4. The summed E-state index contributed by atoms with van der Waals surface area (Å²) in [5, 5.41) is 19.8. The van der Waals surface area contributed by atoms with E-state index in [2.05, 4.69) is 82.0 Å². The zero-order valence-electron chi connectivity index (χ0n) is 37.6. The number of carbonyl (C=O) groups excluding carboxylic acids is 4. The third-order valence-corrected chi connectivity index (χ3v) is 13.0. The number of aliphatic hydroxyl groups is 1. The number of β-amino-alcohol motifs (C(OH)–C–C–N with tert-alkyl or cyclic N) is 1. The number of piperazine rings is 1. The van der Waals surface area contributed by atoms with Crippen LogP contribution in [-0.2, 0) is 27.3 Å². The van der Waals surface area contributed by atoms with Crippen LogP contribution < -0.4 is 20.3 Å². The molecule has 2 saturated heterocycles. The average Bonchev–Trinajstić information content (AvgIpc) is 3.84. The number of imide groups is 1. The van der Waals surface area contributed by atoms with Gasteiger partial charge in [-0.2, -0.15) is 9.61 Å². The van der Waals surface area contributed by atoms with Crippen molar-refractivity contribution in [2.45, 2.75) is 96.6 Å². The SMILES string of the molecule is Cc1nn2c(N3CCN(CCO)CC3)cc(-c3ccccc3)nc2c1-c1ccc(CCCCCCCCCCCNC(=O)COc2cccc3c2CN(C2CCC(=O)NC2=O)C3=O)cc1. The average molecular weight is 883 g/mol. The van der Waals surface area contributed by atoms with E-state index in [9.17, 15) is 24.3 Å². The molecule has 5 heterocycles. The van der Waals surface area contributed by atoms with Crippen LogP contribution in [0.4, 0.5) is 5.82 Å². The first-order chi connectivity index (χ1) is 31.8. The van der Waals surface area contributed by atoms with Gasteiger partial charge in [0.1, 0.15) is 17.6 Å². The molecule has 2 fully saturated rings. The molecule has 8 rings (SSSR count). The molecule has 0 saturated carbocycles. The van der Waals surface area contributed by atoms with E-state index in [0.29, 0.717) is 36.4 Å². The number of aryl methyl sites for hydroxylation is 2. The first kappa shape index (κ1) is 45.4. The molecule has 14 nitrogen and oxygen atoms in total. The standard InChI is InChI=1S/C51H62N8O6/c1-36-48(49-53-42(38-16-11-9-12-17-38)33-47(59(49)55-36)57-29-27-56(28-30-57)31-32-60)39-22-20-37(21-23-39)15-10-7-5-3-2-4-6-8-13-26-52-46(62)35-65-44-19-14-18-40-41(44)34-58(51(40)64)43-24-25-45(61)54-50(43)63/h9,11-12,14,16-23,33,43,60H,2-8,10,13,15,24-32,34-35H2,1H3,(H,52,62)(H,54,61,63). The number of unbranched alkanes of at least 4 members (excludes halogenated alkanes) is 8. The third-order valence-electron chi connectivity index (χ3n) is 13.0. The Hall–Kier alpha value is -6.12. The van der Waals surface area contributed by atoms with Crippen molar-refractivity contribution < 1.29 is 29.0 Å². The van der Waals surface area contributed by atoms with E-state index < -0.39 is 11.9 Å². The van der Waals surface area contributed by atoms with Gasteiger partial charge in [0.25, 0.3) is 11.8 Å². The smallest absolute Gasteiger partial charge is 0.257 e. The number of benzene rings is 3. The Balaban J connectivity index is 0.718. The van der Waals surface area contributed by atoms with Crippen molar-refractivity contribution in [1.29, 1.82) is 0 Å². The fourth-order valence-corrected chi connectivity index (χ4v) is 9.41. The molecule has 5 aromatic rings. The van der Waals surface area contributed by atoms with E-state index in [1.54, 1.807) is 18.2 Å². The molecule has 4 amide bonds. The van der Waals surface area contributed by atoms with Crippen LogP contribution in [-0.4, -0.2) is 112 Å². The second-order valence-electron chi connectivity index (χ2n) is 17.6. The van der Waals surface area contributed by atoms with Crippen molar-refractivity contribution >= 4 is 35.1 Å². The van der Waals surface area contributed by atoms with Gasteiger partial charge in [-0.1, -0.05) is 106 Å². The molecule has 0 aliphatic carbocycles. The number of nitrogens with one attached hydrogen (secondary N) is 2. The number of hydrogen-bond donors (Lipinski definition) is 3. The Kier molecular flexibility index (Phi) is 15.2. The summed E-state index contributed by atoms with van der Waals surface area (Å²) >= 11 is 0. The first-order valence-electron chi connectivity index (χ1n) is 23.6. The van der Waals surface area contributed by atoms with Crippen LogP contribution in [0, 0.1) is 6.92 Å². The summed E-state index contributed by atoms with van der Waals surface area (Å²) in [5.74, 6) is 0.236. The lowest BCUT2D eigenvalue weighted by atomic mass is 10.0. The number of amides is 4. The number of anilines is 1. The minimum atomic E-state index is -0.701.